The average Bonchev–Trinajstić information content (AvgIpc) is 2.86. The first-order valence-electron chi connectivity index (χ1n) is 7.53. The van der Waals surface area contributed by atoms with E-state index in [1.807, 2.05) is 20.8 Å². The fourth-order valence-corrected chi connectivity index (χ4v) is 2.66. The Hall–Kier alpha value is -1.92. The second-order valence-electron chi connectivity index (χ2n) is 5.42. The van der Waals surface area contributed by atoms with E-state index in [1.54, 1.807) is 9.58 Å². The number of carbonyl (C=O) groups is 2. The van der Waals surface area contributed by atoms with Crippen LogP contribution in [0.5, 0.6) is 0 Å². The summed E-state index contributed by atoms with van der Waals surface area (Å²) in [4.78, 5) is 30.5. The van der Waals surface area contributed by atoms with Crippen LogP contribution in [0, 0.1) is 0 Å². The van der Waals surface area contributed by atoms with E-state index in [-0.39, 0.29) is 17.9 Å². The SMILES string of the molecule is CCCC1NC(=O)CC(C)N(Cc2ncnn2CC)C1=O. The van der Waals surface area contributed by atoms with Crippen molar-refractivity contribution < 1.29 is 9.59 Å². The molecule has 7 heteroatoms. The lowest BCUT2D eigenvalue weighted by Gasteiger charge is -2.28. The molecule has 2 rings (SSSR count). The lowest BCUT2D eigenvalue weighted by Crippen LogP contribution is -2.46. The highest BCUT2D eigenvalue weighted by molar-refractivity contribution is 5.90. The number of nitrogens with one attached hydrogen (secondary N) is 1. The highest BCUT2D eigenvalue weighted by Gasteiger charge is 2.34. The standard InChI is InChI=1S/C14H23N5O2/c1-4-6-11-14(21)18(10(3)7-13(20)17-11)8-12-15-9-16-19(12)5-2/h9-11H,4-8H2,1-3H3,(H,17,20). The van der Waals surface area contributed by atoms with Crippen molar-refractivity contribution in [3.8, 4) is 0 Å². The molecule has 1 fully saturated rings. The van der Waals surface area contributed by atoms with E-state index in [0.717, 1.165) is 12.2 Å². The molecule has 2 heterocycles. The lowest BCUT2D eigenvalue weighted by molar-refractivity contribution is -0.135. The van der Waals surface area contributed by atoms with Gasteiger partial charge in [-0.15, -0.1) is 0 Å². The van der Waals surface area contributed by atoms with Crippen LogP contribution in [0.15, 0.2) is 6.33 Å². The van der Waals surface area contributed by atoms with E-state index < -0.39 is 6.04 Å². The third kappa shape index (κ3) is 3.40. The summed E-state index contributed by atoms with van der Waals surface area (Å²) in [5, 5.41) is 6.95. The molecule has 0 aromatic carbocycles. The fraction of sp³-hybridized carbons (Fsp3) is 0.714. The zero-order valence-corrected chi connectivity index (χ0v) is 12.9. The van der Waals surface area contributed by atoms with Gasteiger partial charge in [-0.25, -0.2) is 9.67 Å². The van der Waals surface area contributed by atoms with Gasteiger partial charge in [-0.2, -0.15) is 5.10 Å². The number of aromatic nitrogens is 3. The molecule has 1 N–H and O–H groups in total. The molecule has 2 atom stereocenters. The summed E-state index contributed by atoms with van der Waals surface area (Å²) in [6.45, 7) is 6.99. The van der Waals surface area contributed by atoms with Gasteiger partial charge in [0.15, 0.2) is 0 Å². The van der Waals surface area contributed by atoms with E-state index >= 15 is 0 Å². The Morgan fingerprint density at radius 3 is 2.81 bits per heavy atom. The predicted octanol–water partition coefficient (Wildman–Crippen LogP) is 0.704. The molecule has 0 saturated carbocycles. The largest absolute Gasteiger partial charge is 0.344 e. The quantitative estimate of drug-likeness (QED) is 0.867. The van der Waals surface area contributed by atoms with E-state index in [4.69, 9.17) is 0 Å². The normalized spacial score (nSPS) is 23.1. The molecule has 2 unspecified atom stereocenters. The third-order valence-corrected chi connectivity index (χ3v) is 3.81. The molecule has 1 aromatic heterocycles. The Labute approximate surface area is 124 Å². The number of hydrogen-bond acceptors (Lipinski definition) is 4. The Morgan fingerprint density at radius 1 is 1.38 bits per heavy atom. The summed E-state index contributed by atoms with van der Waals surface area (Å²) in [6, 6.07) is -0.563. The molecule has 0 aliphatic carbocycles. The predicted molar refractivity (Wildman–Crippen MR) is 77.2 cm³/mol. The van der Waals surface area contributed by atoms with Crippen molar-refractivity contribution in [1.29, 1.82) is 0 Å². The van der Waals surface area contributed by atoms with Gasteiger partial charge in [0.1, 0.15) is 18.2 Å². The highest BCUT2D eigenvalue weighted by atomic mass is 16.2. The fourth-order valence-electron chi connectivity index (χ4n) is 2.66. The van der Waals surface area contributed by atoms with Crippen LogP contribution in [-0.4, -0.2) is 43.6 Å². The van der Waals surface area contributed by atoms with Crippen LogP contribution in [0.3, 0.4) is 0 Å². The van der Waals surface area contributed by atoms with Crippen LogP contribution in [-0.2, 0) is 22.7 Å². The second kappa shape index (κ2) is 6.69. The van der Waals surface area contributed by atoms with Crippen molar-refractivity contribution in [2.24, 2.45) is 0 Å². The third-order valence-electron chi connectivity index (χ3n) is 3.81. The van der Waals surface area contributed by atoms with Gasteiger partial charge >= 0.3 is 0 Å². The molecular weight excluding hydrogens is 270 g/mol. The topological polar surface area (TPSA) is 80.1 Å². The van der Waals surface area contributed by atoms with Gasteiger partial charge in [0, 0.05) is 19.0 Å². The molecule has 116 valence electrons. The van der Waals surface area contributed by atoms with Crippen molar-refractivity contribution >= 4 is 11.8 Å². The minimum absolute atomic E-state index is 0.0270. The maximum absolute atomic E-state index is 12.7. The summed E-state index contributed by atoms with van der Waals surface area (Å²) >= 11 is 0. The smallest absolute Gasteiger partial charge is 0.245 e. The van der Waals surface area contributed by atoms with Crippen LogP contribution in [0.2, 0.25) is 0 Å². The Kier molecular flexibility index (Phi) is 4.93. The molecule has 1 aliphatic rings. The zero-order valence-electron chi connectivity index (χ0n) is 12.9. The van der Waals surface area contributed by atoms with Gasteiger partial charge in [-0.3, -0.25) is 9.59 Å². The Balaban J connectivity index is 2.21. The van der Waals surface area contributed by atoms with Crippen LogP contribution >= 0.6 is 0 Å². The second-order valence-corrected chi connectivity index (χ2v) is 5.42. The van der Waals surface area contributed by atoms with E-state index in [2.05, 4.69) is 15.4 Å². The first kappa shape index (κ1) is 15.5. The Morgan fingerprint density at radius 2 is 2.14 bits per heavy atom. The van der Waals surface area contributed by atoms with Crippen molar-refractivity contribution in [2.45, 2.75) is 65.2 Å². The number of carbonyl (C=O) groups excluding carboxylic acids is 2. The van der Waals surface area contributed by atoms with Gasteiger partial charge in [-0.1, -0.05) is 13.3 Å². The molecule has 1 aliphatic heterocycles. The Bertz CT molecular complexity index is 513. The monoisotopic (exact) mass is 293 g/mol. The van der Waals surface area contributed by atoms with Crippen molar-refractivity contribution in [3.63, 3.8) is 0 Å². The molecule has 1 saturated heterocycles. The van der Waals surface area contributed by atoms with E-state index in [1.165, 1.54) is 6.33 Å². The minimum atomic E-state index is -0.426. The zero-order chi connectivity index (χ0) is 15.4. The summed E-state index contributed by atoms with van der Waals surface area (Å²) in [5.41, 5.74) is 0. The number of nitrogens with zero attached hydrogens (tertiary/aromatic N) is 4. The van der Waals surface area contributed by atoms with Crippen molar-refractivity contribution in [3.05, 3.63) is 12.2 Å². The van der Waals surface area contributed by atoms with Gasteiger partial charge in [0.2, 0.25) is 11.8 Å². The molecule has 2 amide bonds. The average molecular weight is 293 g/mol. The summed E-state index contributed by atoms with van der Waals surface area (Å²) < 4.78 is 1.77. The van der Waals surface area contributed by atoms with Crippen molar-refractivity contribution in [1.82, 2.24) is 25.0 Å². The van der Waals surface area contributed by atoms with Crippen LogP contribution in [0.25, 0.3) is 0 Å². The van der Waals surface area contributed by atoms with Crippen LogP contribution in [0.1, 0.15) is 45.9 Å². The summed E-state index contributed by atoms with van der Waals surface area (Å²) in [6.07, 6.45) is 3.34. The van der Waals surface area contributed by atoms with E-state index in [0.29, 0.717) is 25.9 Å². The number of aryl methyl sites for hydroxylation is 1. The maximum Gasteiger partial charge on any atom is 0.245 e. The molecule has 21 heavy (non-hydrogen) atoms. The number of amides is 2. The van der Waals surface area contributed by atoms with Gasteiger partial charge < -0.3 is 10.2 Å². The highest BCUT2D eigenvalue weighted by Crippen LogP contribution is 2.16. The molecule has 1 aromatic rings. The first-order chi connectivity index (χ1) is 10.1. The maximum atomic E-state index is 12.7. The molecule has 0 bridgehead atoms. The summed E-state index contributed by atoms with van der Waals surface area (Å²) in [7, 11) is 0. The molecule has 0 spiro atoms. The van der Waals surface area contributed by atoms with Crippen LogP contribution < -0.4 is 5.32 Å². The molecule has 0 radical (unpaired) electrons. The van der Waals surface area contributed by atoms with Gasteiger partial charge in [0.05, 0.1) is 6.54 Å². The van der Waals surface area contributed by atoms with Gasteiger partial charge in [-0.05, 0) is 20.3 Å². The van der Waals surface area contributed by atoms with Crippen molar-refractivity contribution in [2.75, 3.05) is 0 Å². The minimum Gasteiger partial charge on any atom is -0.344 e. The first-order valence-corrected chi connectivity index (χ1v) is 7.53. The summed E-state index contributed by atoms with van der Waals surface area (Å²) in [5.74, 6) is 0.664. The number of hydrogen-bond donors (Lipinski definition) is 1. The van der Waals surface area contributed by atoms with E-state index in [9.17, 15) is 9.59 Å². The lowest BCUT2D eigenvalue weighted by atomic mass is 10.1. The van der Waals surface area contributed by atoms with Crippen LogP contribution in [0.4, 0.5) is 0 Å². The number of rotatable bonds is 5. The van der Waals surface area contributed by atoms with Gasteiger partial charge in [0.25, 0.3) is 0 Å². The molecule has 7 nitrogen and oxygen atoms in total. The molecular formula is C14H23N5O2.